The van der Waals surface area contributed by atoms with Crippen molar-refractivity contribution in [1.82, 2.24) is 14.8 Å². The van der Waals surface area contributed by atoms with E-state index >= 15 is 0 Å². The van der Waals surface area contributed by atoms with E-state index in [1.54, 1.807) is 0 Å². The number of fused-ring (bicyclic) bond motifs is 1. The van der Waals surface area contributed by atoms with Crippen molar-refractivity contribution in [2.75, 3.05) is 5.32 Å². The van der Waals surface area contributed by atoms with E-state index < -0.39 is 0 Å². The number of carbonyl (C=O) groups is 2. The average molecular weight is 261 g/mol. The minimum absolute atomic E-state index is 0.0503. The summed E-state index contributed by atoms with van der Waals surface area (Å²) in [5.74, 6) is 4.80. The molecule has 2 aromatic heterocycles. The number of rotatable bonds is 4. The smallest absolute Gasteiger partial charge is 0.234 e. The van der Waals surface area contributed by atoms with E-state index in [1.807, 2.05) is 41.1 Å². The first-order valence-corrected chi connectivity index (χ1v) is 5.85. The Morgan fingerprint density at radius 2 is 2.05 bits per heavy atom. The average Bonchev–Trinajstić information content (AvgIpc) is 2.73. The maximum atomic E-state index is 11.7. The second-order valence-corrected chi connectivity index (χ2v) is 4.09. The molecule has 0 aromatic carbocycles. The van der Waals surface area contributed by atoms with Crippen LogP contribution in [0, 0.1) is 6.92 Å². The first kappa shape index (κ1) is 13.0. The van der Waals surface area contributed by atoms with Crippen LogP contribution in [-0.2, 0) is 9.59 Å². The fraction of sp³-hybridized carbons (Fsp3) is 0.250. The minimum Gasteiger partial charge on any atom is -0.309 e. The highest BCUT2D eigenvalue weighted by Crippen LogP contribution is 2.16. The van der Waals surface area contributed by atoms with Gasteiger partial charge in [-0.3, -0.25) is 15.0 Å². The molecule has 2 aromatic rings. The van der Waals surface area contributed by atoms with E-state index in [-0.39, 0.29) is 24.7 Å². The third kappa shape index (κ3) is 2.89. The Balaban J connectivity index is 2.07. The summed E-state index contributed by atoms with van der Waals surface area (Å²) in [6, 6.07) is 5.61. The Labute approximate surface area is 109 Å². The lowest BCUT2D eigenvalue weighted by Crippen LogP contribution is -2.30. The number of aryl methyl sites for hydroxylation is 1. The number of amides is 2. The predicted molar refractivity (Wildman–Crippen MR) is 70.1 cm³/mol. The Morgan fingerprint density at radius 1 is 1.32 bits per heavy atom. The molecule has 7 heteroatoms. The first-order valence-electron chi connectivity index (χ1n) is 5.85. The molecule has 0 saturated carbocycles. The highest BCUT2D eigenvalue weighted by Gasteiger charge is 2.11. The lowest BCUT2D eigenvalue weighted by Gasteiger charge is -2.02. The van der Waals surface area contributed by atoms with Crippen molar-refractivity contribution >= 4 is 23.3 Å². The Kier molecular flexibility index (Phi) is 3.76. The van der Waals surface area contributed by atoms with Crippen LogP contribution in [0.3, 0.4) is 0 Å². The minimum atomic E-state index is -0.373. The summed E-state index contributed by atoms with van der Waals surface area (Å²) in [5.41, 5.74) is 3.58. The molecule has 0 aliphatic carbocycles. The van der Waals surface area contributed by atoms with Gasteiger partial charge >= 0.3 is 0 Å². The lowest BCUT2D eigenvalue weighted by molar-refractivity contribution is -0.124. The van der Waals surface area contributed by atoms with Crippen LogP contribution in [0.15, 0.2) is 24.4 Å². The molecule has 7 nitrogen and oxygen atoms in total. The molecule has 4 N–H and O–H groups in total. The molecule has 0 bridgehead atoms. The molecule has 0 saturated heterocycles. The third-order valence-corrected chi connectivity index (χ3v) is 2.77. The Bertz CT molecular complexity index is 620. The van der Waals surface area contributed by atoms with Gasteiger partial charge in [-0.2, -0.15) is 0 Å². The largest absolute Gasteiger partial charge is 0.309 e. The van der Waals surface area contributed by atoms with Gasteiger partial charge in [-0.1, -0.05) is 6.07 Å². The maximum Gasteiger partial charge on any atom is 0.234 e. The molecule has 100 valence electrons. The van der Waals surface area contributed by atoms with E-state index in [2.05, 4.69) is 10.3 Å². The van der Waals surface area contributed by atoms with Gasteiger partial charge in [0.25, 0.3) is 0 Å². The van der Waals surface area contributed by atoms with Crippen molar-refractivity contribution in [2.45, 2.75) is 19.8 Å². The van der Waals surface area contributed by atoms with Crippen LogP contribution in [-0.4, -0.2) is 21.2 Å². The molecule has 2 amide bonds. The SMILES string of the molecule is Cc1c(NC(=O)CCC(=O)NN)nc2ccccn12. The standard InChI is InChI=1S/C12H15N5O2/c1-8-12(14-9-4-2-3-7-17(8)9)15-10(18)5-6-11(19)16-13/h2-4,7H,5-6,13H2,1H3,(H,15,18)(H,16,19). The summed E-state index contributed by atoms with van der Waals surface area (Å²) in [6.45, 7) is 1.86. The Morgan fingerprint density at radius 3 is 2.74 bits per heavy atom. The molecule has 0 aliphatic rings. The quantitative estimate of drug-likeness (QED) is 0.420. The van der Waals surface area contributed by atoms with Crippen LogP contribution in [0.2, 0.25) is 0 Å². The fourth-order valence-corrected chi connectivity index (χ4v) is 1.73. The Hall–Kier alpha value is -2.41. The van der Waals surface area contributed by atoms with Gasteiger partial charge in [0.05, 0.1) is 5.69 Å². The van der Waals surface area contributed by atoms with E-state index in [0.717, 1.165) is 11.3 Å². The number of nitrogens with zero attached hydrogens (tertiary/aromatic N) is 2. The molecular weight excluding hydrogens is 246 g/mol. The summed E-state index contributed by atoms with van der Waals surface area (Å²) in [7, 11) is 0. The molecule has 0 aliphatic heterocycles. The summed E-state index contributed by atoms with van der Waals surface area (Å²) < 4.78 is 1.88. The second-order valence-electron chi connectivity index (χ2n) is 4.09. The molecule has 0 radical (unpaired) electrons. The summed E-state index contributed by atoms with van der Waals surface area (Å²) in [4.78, 5) is 26.9. The van der Waals surface area contributed by atoms with Crippen LogP contribution in [0.25, 0.3) is 5.65 Å². The number of hydrogen-bond acceptors (Lipinski definition) is 4. The number of imidazole rings is 1. The van der Waals surface area contributed by atoms with Gasteiger partial charge in [0.2, 0.25) is 11.8 Å². The molecule has 2 rings (SSSR count). The van der Waals surface area contributed by atoms with Gasteiger partial charge in [-0.25, -0.2) is 10.8 Å². The van der Waals surface area contributed by atoms with Crippen molar-refractivity contribution in [3.63, 3.8) is 0 Å². The van der Waals surface area contributed by atoms with Gasteiger partial charge in [0.15, 0.2) is 5.82 Å². The fourth-order valence-electron chi connectivity index (χ4n) is 1.73. The zero-order chi connectivity index (χ0) is 13.8. The van der Waals surface area contributed by atoms with E-state index in [1.165, 1.54) is 0 Å². The van der Waals surface area contributed by atoms with Crippen molar-refractivity contribution in [2.24, 2.45) is 5.84 Å². The van der Waals surface area contributed by atoms with Crippen LogP contribution in [0.4, 0.5) is 5.82 Å². The van der Waals surface area contributed by atoms with Gasteiger partial charge < -0.3 is 9.72 Å². The first-order chi connectivity index (χ1) is 9.11. The third-order valence-electron chi connectivity index (χ3n) is 2.77. The lowest BCUT2D eigenvalue weighted by atomic mass is 10.3. The molecule has 2 heterocycles. The number of pyridine rings is 1. The van der Waals surface area contributed by atoms with Crippen LogP contribution < -0.4 is 16.6 Å². The predicted octanol–water partition coefficient (Wildman–Crippen LogP) is 0.351. The van der Waals surface area contributed by atoms with Crippen molar-refractivity contribution < 1.29 is 9.59 Å². The highest BCUT2D eigenvalue weighted by atomic mass is 16.2. The number of carbonyl (C=O) groups excluding carboxylic acids is 2. The van der Waals surface area contributed by atoms with Gasteiger partial charge in [0.1, 0.15) is 5.65 Å². The second kappa shape index (κ2) is 5.49. The molecule has 0 unspecified atom stereocenters. The number of hydrazine groups is 1. The van der Waals surface area contributed by atoms with Crippen molar-refractivity contribution in [3.8, 4) is 0 Å². The normalized spacial score (nSPS) is 10.4. The molecule has 19 heavy (non-hydrogen) atoms. The molecule has 0 spiro atoms. The van der Waals surface area contributed by atoms with E-state index in [4.69, 9.17) is 5.84 Å². The maximum absolute atomic E-state index is 11.7. The number of aromatic nitrogens is 2. The number of nitrogens with two attached hydrogens (primary N) is 1. The zero-order valence-corrected chi connectivity index (χ0v) is 10.5. The zero-order valence-electron chi connectivity index (χ0n) is 10.5. The van der Waals surface area contributed by atoms with Crippen LogP contribution in [0.1, 0.15) is 18.5 Å². The van der Waals surface area contributed by atoms with Gasteiger partial charge in [-0.15, -0.1) is 0 Å². The van der Waals surface area contributed by atoms with E-state index in [9.17, 15) is 9.59 Å². The van der Waals surface area contributed by atoms with Crippen molar-refractivity contribution in [3.05, 3.63) is 30.1 Å². The molecular formula is C12H15N5O2. The number of nitrogens with one attached hydrogen (secondary N) is 2. The monoisotopic (exact) mass is 261 g/mol. The highest BCUT2D eigenvalue weighted by molar-refractivity contribution is 5.93. The molecule has 0 atom stereocenters. The number of anilines is 1. The summed E-state index contributed by atoms with van der Waals surface area (Å²) in [6.07, 6.45) is 1.99. The summed E-state index contributed by atoms with van der Waals surface area (Å²) >= 11 is 0. The topological polar surface area (TPSA) is 102 Å². The van der Waals surface area contributed by atoms with Crippen molar-refractivity contribution in [1.29, 1.82) is 0 Å². The van der Waals surface area contributed by atoms with Crippen LogP contribution >= 0.6 is 0 Å². The van der Waals surface area contributed by atoms with E-state index in [0.29, 0.717) is 5.82 Å². The van der Waals surface area contributed by atoms with Gasteiger partial charge in [-0.05, 0) is 19.1 Å². The summed E-state index contributed by atoms with van der Waals surface area (Å²) in [5, 5.41) is 2.69. The molecule has 0 fully saturated rings. The van der Waals surface area contributed by atoms with Gasteiger partial charge in [0, 0.05) is 19.0 Å². The number of hydrogen-bond donors (Lipinski definition) is 3. The van der Waals surface area contributed by atoms with Crippen LogP contribution in [0.5, 0.6) is 0 Å².